The third kappa shape index (κ3) is 3.48. The maximum atomic E-state index is 12.7. The molecule has 1 aromatic heterocycles. The molecule has 0 radical (unpaired) electrons. The lowest BCUT2D eigenvalue weighted by atomic mass is 10.2. The first kappa shape index (κ1) is 13.9. The highest BCUT2D eigenvalue weighted by atomic mass is 32.1. The number of thiophene rings is 1. The largest absolute Gasteiger partial charge is 0.491 e. The molecule has 1 atom stereocenters. The summed E-state index contributed by atoms with van der Waals surface area (Å²) < 4.78 is 43.4. The van der Waals surface area contributed by atoms with E-state index >= 15 is 0 Å². The molecule has 0 aliphatic heterocycles. The lowest BCUT2D eigenvalue weighted by Gasteiger charge is -2.16. The Labute approximate surface area is 112 Å². The monoisotopic (exact) mass is 287 g/mol. The van der Waals surface area contributed by atoms with Crippen molar-refractivity contribution >= 4 is 11.3 Å². The molecular formula is C13H12F3NOS. The zero-order valence-electron chi connectivity index (χ0n) is 9.85. The maximum Gasteiger partial charge on any atom is 0.419 e. The average Bonchev–Trinajstić information content (AvgIpc) is 2.89. The van der Waals surface area contributed by atoms with Gasteiger partial charge in [0.25, 0.3) is 0 Å². The first-order chi connectivity index (χ1) is 8.98. The predicted octanol–water partition coefficient (Wildman–Crippen LogP) is 3.85. The molecular weight excluding hydrogens is 275 g/mol. The first-order valence-corrected chi connectivity index (χ1v) is 6.44. The standard InChI is InChI=1S/C13H12F3NOS/c14-13(15,16)9-4-1-2-5-11(9)18-8-10(17)12-6-3-7-19-12/h1-7,10H,8,17H2. The van der Waals surface area contributed by atoms with Crippen LogP contribution in [0.2, 0.25) is 0 Å². The lowest BCUT2D eigenvalue weighted by Crippen LogP contribution is -2.19. The zero-order chi connectivity index (χ0) is 13.9. The van der Waals surface area contributed by atoms with Crippen molar-refractivity contribution in [1.29, 1.82) is 0 Å². The Balaban J connectivity index is 2.08. The molecule has 1 unspecified atom stereocenters. The number of benzene rings is 1. The Morgan fingerprint density at radius 2 is 1.89 bits per heavy atom. The summed E-state index contributed by atoms with van der Waals surface area (Å²) in [4.78, 5) is 0.879. The van der Waals surface area contributed by atoms with E-state index in [1.807, 2.05) is 17.5 Å². The van der Waals surface area contributed by atoms with Crippen LogP contribution in [0.25, 0.3) is 0 Å². The van der Waals surface area contributed by atoms with E-state index in [1.165, 1.54) is 29.5 Å². The van der Waals surface area contributed by atoms with Gasteiger partial charge in [0.05, 0.1) is 11.6 Å². The topological polar surface area (TPSA) is 35.2 Å². The summed E-state index contributed by atoms with van der Waals surface area (Å²) in [6, 6.07) is 8.35. The molecule has 102 valence electrons. The van der Waals surface area contributed by atoms with Gasteiger partial charge in [-0.15, -0.1) is 11.3 Å². The quantitative estimate of drug-likeness (QED) is 0.927. The van der Waals surface area contributed by atoms with E-state index in [0.717, 1.165) is 10.9 Å². The van der Waals surface area contributed by atoms with Gasteiger partial charge in [-0.2, -0.15) is 13.2 Å². The van der Waals surface area contributed by atoms with Crippen LogP contribution in [-0.4, -0.2) is 6.61 Å². The van der Waals surface area contributed by atoms with Crippen molar-refractivity contribution in [2.24, 2.45) is 5.73 Å². The molecule has 0 saturated carbocycles. The molecule has 0 saturated heterocycles. The Bertz CT molecular complexity index is 525. The lowest BCUT2D eigenvalue weighted by molar-refractivity contribution is -0.139. The van der Waals surface area contributed by atoms with Crippen LogP contribution in [0, 0.1) is 0 Å². The van der Waals surface area contributed by atoms with Gasteiger partial charge in [-0.05, 0) is 23.6 Å². The fourth-order valence-corrected chi connectivity index (χ4v) is 2.30. The molecule has 0 spiro atoms. The Morgan fingerprint density at radius 1 is 1.16 bits per heavy atom. The van der Waals surface area contributed by atoms with Crippen molar-refractivity contribution in [3.05, 3.63) is 52.2 Å². The smallest absolute Gasteiger partial charge is 0.419 e. The number of nitrogens with two attached hydrogens (primary N) is 1. The minimum Gasteiger partial charge on any atom is -0.491 e. The van der Waals surface area contributed by atoms with Crippen LogP contribution in [0.3, 0.4) is 0 Å². The van der Waals surface area contributed by atoms with Gasteiger partial charge in [0, 0.05) is 4.88 Å². The van der Waals surface area contributed by atoms with Crippen molar-refractivity contribution in [2.45, 2.75) is 12.2 Å². The molecule has 0 fully saturated rings. The number of ether oxygens (including phenoxy) is 1. The van der Waals surface area contributed by atoms with E-state index < -0.39 is 17.8 Å². The number of alkyl halides is 3. The zero-order valence-corrected chi connectivity index (χ0v) is 10.7. The third-order valence-electron chi connectivity index (χ3n) is 2.52. The molecule has 1 heterocycles. The minimum absolute atomic E-state index is 0.00755. The Morgan fingerprint density at radius 3 is 2.53 bits per heavy atom. The van der Waals surface area contributed by atoms with E-state index in [-0.39, 0.29) is 12.4 Å². The van der Waals surface area contributed by atoms with Gasteiger partial charge in [-0.1, -0.05) is 18.2 Å². The number of para-hydroxylation sites is 1. The van der Waals surface area contributed by atoms with Crippen LogP contribution >= 0.6 is 11.3 Å². The van der Waals surface area contributed by atoms with Crippen LogP contribution in [0.4, 0.5) is 13.2 Å². The highest BCUT2D eigenvalue weighted by molar-refractivity contribution is 7.10. The third-order valence-corrected chi connectivity index (χ3v) is 3.52. The molecule has 0 amide bonds. The van der Waals surface area contributed by atoms with Crippen molar-refractivity contribution < 1.29 is 17.9 Å². The highest BCUT2D eigenvalue weighted by Gasteiger charge is 2.34. The summed E-state index contributed by atoms with van der Waals surface area (Å²) in [5.41, 5.74) is 5.07. The molecule has 6 heteroatoms. The number of rotatable bonds is 4. The summed E-state index contributed by atoms with van der Waals surface area (Å²) >= 11 is 1.45. The first-order valence-electron chi connectivity index (χ1n) is 5.56. The van der Waals surface area contributed by atoms with Gasteiger partial charge in [-0.25, -0.2) is 0 Å². The van der Waals surface area contributed by atoms with Crippen LogP contribution in [0.5, 0.6) is 5.75 Å². The molecule has 0 aliphatic carbocycles. The molecule has 0 aliphatic rings. The number of halogens is 3. The molecule has 2 aromatic rings. The SMILES string of the molecule is NC(COc1ccccc1C(F)(F)F)c1cccs1. The van der Waals surface area contributed by atoms with Crippen molar-refractivity contribution in [3.8, 4) is 5.75 Å². The Hall–Kier alpha value is -1.53. The van der Waals surface area contributed by atoms with E-state index in [1.54, 1.807) is 0 Å². The van der Waals surface area contributed by atoms with Gasteiger partial charge in [0.15, 0.2) is 0 Å². The molecule has 2 rings (SSSR count). The normalized spacial score (nSPS) is 13.3. The summed E-state index contributed by atoms with van der Waals surface area (Å²) in [6.07, 6.45) is -4.43. The highest BCUT2D eigenvalue weighted by Crippen LogP contribution is 2.36. The summed E-state index contributed by atoms with van der Waals surface area (Å²) in [5, 5.41) is 1.86. The fourth-order valence-electron chi connectivity index (χ4n) is 1.59. The molecule has 2 nitrogen and oxygen atoms in total. The second kappa shape index (κ2) is 5.63. The number of hydrogen-bond acceptors (Lipinski definition) is 3. The maximum absolute atomic E-state index is 12.7. The summed E-state index contributed by atoms with van der Waals surface area (Å²) in [7, 11) is 0. The summed E-state index contributed by atoms with van der Waals surface area (Å²) in [6.45, 7) is 0.00755. The van der Waals surface area contributed by atoms with Gasteiger partial charge in [0.2, 0.25) is 0 Å². The van der Waals surface area contributed by atoms with E-state index in [0.29, 0.717) is 0 Å². The summed E-state index contributed by atoms with van der Waals surface area (Å²) in [5.74, 6) is -0.193. The molecule has 0 bridgehead atoms. The van der Waals surface area contributed by atoms with Crippen LogP contribution in [-0.2, 0) is 6.18 Å². The molecule has 1 aromatic carbocycles. The van der Waals surface area contributed by atoms with Gasteiger partial charge in [0.1, 0.15) is 12.4 Å². The van der Waals surface area contributed by atoms with E-state index in [4.69, 9.17) is 10.5 Å². The van der Waals surface area contributed by atoms with E-state index in [2.05, 4.69) is 0 Å². The second-order valence-corrected chi connectivity index (χ2v) is 4.91. The van der Waals surface area contributed by atoms with Gasteiger partial charge in [-0.3, -0.25) is 0 Å². The Kier molecular flexibility index (Phi) is 4.11. The van der Waals surface area contributed by atoms with E-state index in [9.17, 15) is 13.2 Å². The van der Waals surface area contributed by atoms with Gasteiger partial charge < -0.3 is 10.5 Å². The van der Waals surface area contributed by atoms with Crippen molar-refractivity contribution in [1.82, 2.24) is 0 Å². The van der Waals surface area contributed by atoms with Crippen LogP contribution in [0.15, 0.2) is 41.8 Å². The van der Waals surface area contributed by atoms with Crippen molar-refractivity contribution in [3.63, 3.8) is 0 Å². The number of hydrogen-bond donors (Lipinski definition) is 1. The van der Waals surface area contributed by atoms with Gasteiger partial charge >= 0.3 is 6.18 Å². The average molecular weight is 287 g/mol. The fraction of sp³-hybridized carbons (Fsp3) is 0.231. The van der Waals surface area contributed by atoms with Crippen LogP contribution < -0.4 is 10.5 Å². The van der Waals surface area contributed by atoms with Crippen LogP contribution in [0.1, 0.15) is 16.5 Å². The molecule has 2 N–H and O–H groups in total. The van der Waals surface area contributed by atoms with Crippen molar-refractivity contribution in [2.75, 3.05) is 6.61 Å². The minimum atomic E-state index is -4.43. The predicted molar refractivity (Wildman–Crippen MR) is 68.2 cm³/mol. The molecule has 19 heavy (non-hydrogen) atoms. The second-order valence-electron chi connectivity index (χ2n) is 3.93.